The van der Waals surface area contributed by atoms with Crippen LogP contribution in [0.5, 0.6) is 0 Å². The van der Waals surface area contributed by atoms with Gasteiger partial charge in [0.25, 0.3) is 0 Å². The zero-order valence-corrected chi connectivity index (χ0v) is 16.2. The molecule has 1 N–H and O–H groups in total. The summed E-state index contributed by atoms with van der Waals surface area (Å²) in [6.07, 6.45) is -3.07. The van der Waals surface area contributed by atoms with E-state index in [9.17, 15) is 14.4 Å². The van der Waals surface area contributed by atoms with Crippen LogP contribution in [0.15, 0.2) is 0 Å². The third-order valence-electron chi connectivity index (χ3n) is 3.58. The van der Waals surface area contributed by atoms with Crippen LogP contribution in [-0.2, 0) is 42.8 Å². The second-order valence-corrected chi connectivity index (χ2v) is 5.95. The summed E-state index contributed by atoms with van der Waals surface area (Å²) >= 11 is 0. The predicted octanol–water partition coefficient (Wildman–Crippen LogP) is -0.219. The maximum absolute atomic E-state index is 11.4. The maximum Gasteiger partial charge on any atom is 0.303 e. The fourth-order valence-corrected chi connectivity index (χ4v) is 2.52. The molecule has 10 heteroatoms. The smallest absolute Gasteiger partial charge is 0.303 e. The average Bonchev–Trinajstić information content (AvgIpc) is 2.57. The normalized spacial score (nSPS) is 24.9. The number of rotatable bonds is 11. The van der Waals surface area contributed by atoms with Crippen molar-refractivity contribution in [3.05, 3.63) is 0 Å². The fraction of sp³-hybridized carbons (Fsp3) is 0.824. The van der Waals surface area contributed by atoms with E-state index in [2.05, 4.69) is 5.32 Å². The van der Waals surface area contributed by atoms with Crippen molar-refractivity contribution in [1.29, 1.82) is 0 Å². The van der Waals surface area contributed by atoms with Gasteiger partial charge < -0.3 is 33.7 Å². The van der Waals surface area contributed by atoms with E-state index in [1.807, 2.05) is 7.05 Å². The van der Waals surface area contributed by atoms with Gasteiger partial charge in [-0.2, -0.15) is 0 Å². The van der Waals surface area contributed by atoms with Crippen LogP contribution < -0.4 is 5.32 Å². The number of esters is 3. The molecule has 0 saturated carbocycles. The standard InChI is InChI=1S/C17H29NO9/c1-11(19)24-10-15-17(26-13(3)21)14(25-12(2)20)9-16(27-15)23-8-7-22-6-5-18-4/h14-18H,5-10H2,1-4H3/t14-,15-,16?,17-/m1/s1. The second-order valence-electron chi connectivity index (χ2n) is 5.95. The largest absolute Gasteiger partial charge is 0.463 e. The van der Waals surface area contributed by atoms with Crippen molar-refractivity contribution in [2.24, 2.45) is 0 Å². The molecule has 1 fully saturated rings. The highest BCUT2D eigenvalue weighted by atomic mass is 16.7. The first-order valence-corrected chi connectivity index (χ1v) is 8.80. The lowest BCUT2D eigenvalue weighted by Crippen LogP contribution is -2.54. The Bertz CT molecular complexity index is 485. The molecular weight excluding hydrogens is 362 g/mol. The van der Waals surface area contributed by atoms with Crippen LogP contribution >= 0.6 is 0 Å². The van der Waals surface area contributed by atoms with Crippen molar-refractivity contribution in [3.63, 3.8) is 0 Å². The zero-order valence-electron chi connectivity index (χ0n) is 16.2. The topological polar surface area (TPSA) is 119 Å². The van der Waals surface area contributed by atoms with Crippen molar-refractivity contribution in [1.82, 2.24) is 5.32 Å². The highest BCUT2D eigenvalue weighted by Gasteiger charge is 2.44. The van der Waals surface area contributed by atoms with E-state index in [4.69, 9.17) is 28.4 Å². The van der Waals surface area contributed by atoms with Crippen LogP contribution in [0.25, 0.3) is 0 Å². The molecule has 1 unspecified atom stereocenters. The lowest BCUT2D eigenvalue weighted by atomic mass is 10.0. The van der Waals surface area contributed by atoms with Crippen LogP contribution in [0.2, 0.25) is 0 Å². The Balaban J connectivity index is 2.70. The number of ether oxygens (including phenoxy) is 6. The summed E-state index contributed by atoms with van der Waals surface area (Å²) < 4.78 is 32.3. The highest BCUT2D eigenvalue weighted by Crippen LogP contribution is 2.27. The van der Waals surface area contributed by atoms with Crippen LogP contribution in [0.1, 0.15) is 27.2 Å². The second kappa shape index (κ2) is 12.6. The molecule has 1 aliphatic heterocycles. The molecule has 0 aromatic carbocycles. The van der Waals surface area contributed by atoms with E-state index in [1.54, 1.807) is 0 Å². The van der Waals surface area contributed by atoms with Gasteiger partial charge in [0.05, 0.1) is 19.8 Å². The molecule has 0 amide bonds. The highest BCUT2D eigenvalue weighted by molar-refractivity contribution is 5.67. The summed E-state index contributed by atoms with van der Waals surface area (Å²) in [4.78, 5) is 34.0. The Labute approximate surface area is 158 Å². The Kier molecular flexibility index (Phi) is 10.9. The van der Waals surface area contributed by atoms with E-state index in [1.165, 1.54) is 20.8 Å². The van der Waals surface area contributed by atoms with E-state index in [0.717, 1.165) is 6.54 Å². The Hall–Kier alpha value is -1.75. The summed E-state index contributed by atoms with van der Waals surface area (Å²) in [6.45, 7) is 5.48. The molecule has 0 aliphatic carbocycles. The average molecular weight is 391 g/mol. The van der Waals surface area contributed by atoms with Crippen molar-refractivity contribution >= 4 is 17.9 Å². The molecule has 10 nitrogen and oxygen atoms in total. The van der Waals surface area contributed by atoms with Crippen LogP contribution in [0.3, 0.4) is 0 Å². The minimum Gasteiger partial charge on any atom is -0.463 e. The van der Waals surface area contributed by atoms with Crippen molar-refractivity contribution in [2.45, 2.75) is 51.8 Å². The van der Waals surface area contributed by atoms with E-state index >= 15 is 0 Å². The summed E-state index contributed by atoms with van der Waals surface area (Å²) in [6, 6.07) is 0. The van der Waals surface area contributed by atoms with Gasteiger partial charge in [-0.1, -0.05) is 0 Å². The molecule has 0 bridgehead atoms. The lowest BCUT2D eigenvalue weighted by molar-refractivity contribution is -0.267. The number of carbonyl (C=O) groups is 3. The molecule has 0 spiro atoms. The number of likely N-dealkylation sites (N-methyl/N-ethyl adjacent to an activating group) is 1. The molecule has 156 valence electrons. The molecule has 1 rings (SSSR count). The van der Waals surface area contributed by atoms with E-state index in [-0.39, 0.29) is 19.6 Å². The Morgan fingerprint density at radius 3 is 2.30 bits per heavy atom. The monoisotopic (exact) mass is 391 g/mol. The first-order chi connectivity index (χ1) is 12.8. The van der Waals surface area contributed by atoms with Gasteiger partial charge >= 0.3 is 17.9 Å². The van der Waals surface area contributed by atoms with Crippen molar-refractivity contribution in [3.8, 4) is 0 Å². The SMILES string of the molecule is CNCCOCCOC1C[C@@H](OC(C)=O)[C@@H](OC(C)=O)[C@@H](COC(C)=O)O1. The fourth-order valence-electron chi connectivity index (χ4n) is 2.52. The van der Waals surface area contributed by atoms with Gasteiger partial charge in [0.15, 0.2) is 12.4 Å². The van der Waals surface area contributed by atoms with Gasteiger partial charge in [-0.05, 0) is 7.05 Å². The quantitative estimate of drug-likeness (QED) is 0.288. The number of carbonyl (C=O) groups excluding carboxylic acids is 3. The number of nitrogens with one attached hydrogen (secondary N) is 1. The maximum atomic E-state index is 11.4. The molecule has 0 aromatic heterocycles. The predicted molar refractivity (Wildman–Crippen MR) is 91.7 cm³/mol. The summed E-state index contributed by atoms with van der Waals surface area (Å²) in [5.41, 5.74) is 0. The molecule has 0 radical (unpaired) electrons. The summed E-state index contributed by atoms with van der Waals surface area (Å²) in [7, 11) is 1.83. The lowest BCUT2D eigenvalue weighted by Gasteiger charge is -2.39. The molecular formula is C17H29NO9. The first kappa shape index (κ1) is 23.3. The van der Waals surface area contributed by atoms with Crippen LogP contribution in [0.4, 0.5) is 0 Å². The minimum absolute atomic E-state index is 0.163. The van der Waals surface area contributed by atoms with E-state index < -0.39 is 42.5 Å². The molecule has 1 aliphatic rings. The van der Waals surface area contributed by atoms with Gasteiger partial charge in [-0.25, -0.2) is 0 Å². The first-order valence-electron chi connectivity index (χ1n) is 8.80. The third-order valence-corrected chi connectivity index (χ3v) is 3.58. The number of hydrogen-bond donors (Lipinski definition) is 1. The van der Waals surface area contributed by atoms with Gasteiger partial charge in [-0.3, -0.25) is 14.4 Å². The van der Waals surface area contributed by atoms with Gasteiger partial charge in [0.2, 0.25) is 0 Å². The molecule has 4 atom stereocenters. The molecule has 1 saturated heterocycles. The van der Waals surface area contributed by atoms with Crippen LogP contribution in [-0.4, -0.2) is 82.5 Å². The Morgan fingerprint density at radius 1 is 1.00 bits per heavy atom. The van der Waals surface area contributed by atoms with Gasteiger partial charge in [0.1, 0.15) is 18.8 Å². The molecule has 0 aromatic rings. The molecule has 27 heavy (non-hydrogen) atoms. The van der Waals surface area contributed by atoms with Crippen LogP contribution in [0, 0.1) is 0 Å². The summed E-state index contributed by atoms with van der Waals surface area (Å²) in [5.74, 6) is -1.60. The van der Waals surface area contributed by atoms with Gasteiger partial charge in [0, 0.05) is 33.7 Å². The van der Waals surface area contributed by atoms with Gasteiger partial charge in [-0.15, -0.1) is 0 Å². The minimum atomic E-state index is -0.905. The Morgan fingerprint density at radius 2 is 1.70 bits per heavy atom. The van der Waals surface area contributed by atoms with Crippen molar-refractivity contribution < 1.29 is 42.8 Å². The summed E-state index contributed by atoms with van der Waals surface area (Å²) in [5, 5.41) is 2.96. The molecule has 1 heterocycles. The van der Waals surface area contributed by atoms with E-state index in [0.29, 0.717) is 13.2 Å². The zero-order chi connectivity index (χ0) is 20.2. The van der Waals surface area contributed by atoms with Crippen molar-refractivity contribution in [2.75, 3.05) is 40.0 Å². The number of hydrogen-bond acceptors (Lipinski definition) is 10. The third kappa shape index (κ3) is 9.66.